The van der Waals surface area contributed by atoms with Gasteiger partial charge in [0.05, 0.1) is 0 Å². The van der Waals surface area contributed by atoms with E-state index in [0.29, 0.717) is 0 Å². The molecule has 0 radical (unpaired) electrons. The molecule has 0 aliphatic rings. The maximum atomic E-state index is 5.34. The van der Waals surface area contributed by atoms with Crippen LogP contribution in [0.1, 0.15) is 12.0 Å². The zero-order valence-corrected chi connectivity index (χ0v) is 6.83. The van der Waals surface area contributed by atoms with Crippen LogP contribution in [0.4, 0.5) is 0 Å². The van der Waals surface area contributed by atoms with Gasteiger partial charge in [-0.05, 0) is 24.6 Å². The topological polar surface area (TPSA) is 30.9 Å². The van der Waals surface area contributed by atoms with Gasteiger partial charge in [0.2, 0.25) is 0 Å². The van der Waals surface area contributed by atoms with Gasteiger partial charge in [-0.15, -0.1) is 0 Å². The van der Waals surface area contributed by atoms with Gasteiger partial charge in [-0.2, -0.15) is 0 Å². The van der Waals surface area contributed by atoms with E-state index in [1.165, 1.54) is 5.56 Å². The third kappa shape index (κ3) is 2.60. The lowest BCUT2D eigenvalue weighted by Gasteiger charge is -1.85. The van der Waals surface area contributed by atoms with Crippen LogP contribution in [0, 0.1) is 0 Å². The smallest absolute Gasteiger partial charge is 0.0106 e. The monoisotopic (exact) mass is 150 g/mol. The van der Waals surface area contributed by atoms with Crippen LogP contribution in [0.15, 0.2) is 24.5 Å². The fourth-order valence-corrected chi connectivity index (χ4v) is 0.939. The fourth-order valence-electron chi connectivity index (χ4n) is 0.939. The van der Waals surface area contributed by atoms with Gasteiger partial charge in [0, 0.05) is 19.4 Å². The Morgan fingerprint density at radius 2 is 2.45 bits per heavy atom. The van der Waals surface area contributed by atoms with Crippen molar-refractivity contribution in [3.63, 3.8) is 0 Å². The van der Waals surface area contributed by atoms with E-state index in [-0.39, 0.29) is 0 Å². The molecule has 0 fully saturated rings. The largest absolute Gasteiger partial charge is 0.357 e. The van der Waals surface area contributed by atoms with E-state index in [2.05, 4.69) is 24.4 Å². The van der Waals surface area contributed by atoms with Gasteiger partial charge in [0.1, 0.15) is 0 Å². The summed E-state index contributed by atoms with van der Waals surface area (Å²) in [7, 11) is 2.01. The third-order valence-electron chi connectivity index (χ3n) is 1.50. The highest BCUT2D eigenvalue weighted by Gasteiger charge is 1.86. The van der Waals surface area contributed by atoms with E-state index in [1.807, 2.05) is 17.8 Å². The maximum Gasteiger partial charge on any atom is 0.0106 e. The lowest BCUT2D eigenvalue weighted by Crippen LogP contribution is -1.94. The summed E-state index contributed by atoms with van der Waals surface area (Å²) in [6.07, 6.45) is 9.24. The second-order valence-corrected chi connectivity index (χ2v) is 2.59. The van der Waals surface area contributed by atoms with Gasteiger partial charge in [-0.1, -0.05) is 12.2 Å². The number of hydrogen-bond donors (Lipinski definition) is 1. The number of nitrogens with zero attached hydrogens (tertiary/aromatic N) is 1. The number of aromatic nitrogens is 1. The molecule has 60 valence electrons. The molecule has 1 rings (SSSR count). The Bertz CT molecular complexity index is 235. The van der Waals surface area contributed by atoms with E-state index in [0.717, 1.165) is 13.0 Å². The molecule has 1 aromatic heterocycles. The first-order chi connectivity index (χ1) is 5.33. The van der Waals surface area contributed by atoms with Crippen molar-refractivity contribution in [2.75, 3.05) is 6.54 Å². The van der Waals surface area contributed by atoms with Crippen molar-refractivity contribution < 1.29 is 0 Å². The Morgan fingerprint density at radius 3 is 3.00 bits per heavy atom. The van der Waals surface area contributed by atoms with Gasteiger partial charge in [0.15, 0.2) is 0 Å². The lowest BCUT2D eigenvalue weighted by atomic mass is 10.3. The quantitative estimate of drug-likeness (QED) is 0.693. The molecule has 0 atom stereocenters. The maximum absolute atomic E-state index is 5.34. The molecule has 1 aromatic rings. The number of nitrogens with two attached hydrogens (primary N) is 1. The van der Waals surface area contributed by atoms with Crippen LogP contribution >= 0.6 is 0 Å². The van der Waals surface area contributed by atoms with E-state index >= 15 is 0 Å². The molecule has 0 bridgehead atoms. The highest BCUT2D eigenvalue weighted by atomic mass is 14.9. The Kier molecular flexibility index (Phi) is 2.93. The van der Waals surface area contributed by atoms with Gasteiger partial charge >= 0.3 is 0 Å². The molecule has 0 aliphatic heterocycles. The van der Waals surface area contributed by atoms with Crippen molar-refractivity contribution in [1.82, 2.24) is 4.57 Å². The van der Waals surface area contributed by atoms with Crippen molar-refractivity contribution in [3.05, 3.63) is 30.1 Å². The van der Waals surface area contributed by atoms with Crippen LogP contribution in [-0.2, 0) is 7.05 Å². The molecule has 2 nitrogen and oxygen atoms in total. The summed E-state index contributed by atoms with van der Waals surface area (Å²) >= 11 is 0. The Morgan fingerprint density at radius 1 is 1.64 bits per heavy atom. The van der Waals surface area contributed by atoms with Crippen LogP contribution in [-0.4, -0.2) is 11.1 Å². The van der Waals surface area contributed by atoms with E-state index in [9.17, 15) is 0 Å². The zero-order valence-electron chi connectivity index (χ0n) is 6.83. The normalized spacial score (nSPS) is 11.1. The Hall–Kier alpha value is -1.02. The lowest BCUT2D eigenvalue weighted by molar-refractivity contribution is 0.927. The van der Waals surface area contributed by atoms with Crippen LogP contribution in [0.25, 0.3) is 6.08 Å². The molecule has 2 N–H and O–H groups in total. The van der Waals surface area contributed by atoms with E-state index in [1.54, 1.807) is 0 Å². The zero-order chi connectivity index (χ0) is 8.10. The minimum Gasteiger partial charge on any atom is -0.357 e. The summed E-state index contributed by atoms with van der Waals surface area (Å²) in [5.41, 5.74) is 6.58. The molecular formula is C9H14N2. The summed E-state index contributed by atoms with van der Waals surface area (Å²) in [5.74, 6) is 0. The van der Waals surface area contributed by atoms with Crippen LogP contribution in [0.5, 0.6) is 0 Å². The van der Waals surface area contributed by atoms with Crippen LogP contribution < -0.4 is 5.73 Å². The van der Waals surface area contributed by atoms with Crippen molar-refractivity contribution in [1.29, 1.82) is 0 Å². The van der Waals surface area contributed by atoms with Gasteiger partial charge in [-0.25, -0.2) is 0 Å². The molecular weight excluding hydrogens is 136 g/mol. The van der Waals surface area contributed by atoms with Gasteiger partial charge < -0.3 is 10.3 Å². The predicted molar refractivity (Wildman–Crippen MR) is 48.1 cm³/mol. The van der Waals surface area contributed by atoms with Gasteiger partial charge in [-0.3, -0.25) is 0 Å². The Labute approximate surface area is 67.3 Å². The van der Waals surface area contributed by atoms with Gasteiger partial charge in [0.25, 0.3) is 0 Å². The van der Waals surface area contributed by atoms with E-state index in [4.69, 9.17) is 5.73 Å². The number of aryl methyl sites for hydroxylation is 1. The third-order valence-corrected chi connectivity index (χ3v) is 1.50. The first kappa shape index (κ1) is 8.08. The summed E-state index contributed by atoms with van der Waals surface area (Å²) in [6, 6.07) is 2.08. The van der Waals surface area contributed by atoms with Crippen molar-refractivity contribution in [3.8, 4) is 0 Å². The van der Waals surface area contributed by atoms with E-state index < -0.39 is 0 Å². The molecule has 11 heavy (non-hydrogen) atoms. The van der Waals surface area contributed by atoms with Crippen molar-refractivity contribution in [2.24, 2.45) is 12.8 Å². The molecule has 0 unspecified atom stereocenters. The Balaban J connectivity index is 2.50. The first-order valence-corrected chi connectivity index (χ1v) is 3.81. The van der Waals surface area contributed by atoms with Crippen molar-refractivity contribution in [2.45, 2.75) is 6.42 Å². The standard InChI is InChI=1S/C9H14N2/c1-11-7-5-9(8-11)4-2-3-6-10/h2,4-5,7-8H,3,6,10H2,1H3. The minimum absolute atomic E-state index is 0.726. The number of hydrogen-bond acceptors (Lipinski definition) is 1. The first-order valence-electron chi connectivity index (χ1n) is 3.81. The second kappa shape index (κ2) is 3.98. The number of rotatable bonds is 3. The minimum atomic E-state index is 0.726. The fraction of sp³-hybridized carbons (Fsp3) is 0.333. The highest BCUT2D eigenvalue weighted by molar-refractivity contribution is 5.47. The summed E-state index contributed by atoms with van der Waals surface area (Å²) in [4.78, 5) is 0. The molecule has 0 spiro atoms. The summed E-state index contributed by atoms with van der Waals surface area (Å²) in [6.45, 7) is 0.726. The SMILES string of the molecule is Cn1ccc(C=CCCN)c1. The van der Waals surface area contributed by atoms with Crippen LogP contribution in [0.3, 0.4) is 0 Å². The summed E-state index contributed by atoms with van der Waals surface area (Å²) < 4.78 is 2.03. The average Bonchev–Trinajstić information content (AvgIpc) is 2.37. The molecule has 0 aromatic carbocycles. The average molecular weight is 150 g/mol. The second-order valence-electron chi connectivity index (χ2n) is 2.59. The molecule has 0 aliphatic carbocycles. The molecule has 0 saturated carbocycles. The molecule has 1 heterocycles. The molecule has 0 saturated heterocycles. The van der Waals surface area contributed by atoms with Crippen LogP contribution in [0.2, 0.25) is 0 Å². The van der Waals surface area contributed by atoms with Crippen molar-refractivity contribution >= 4 is 6.08 Å². The molecule has 0 amide bonds. The summed E-state index contributed by atoms with van der Waals surface area (Å²) in [5, 5.41) is 0. The predicted octanol–water partition coefficient (Wildman–Crippen LogP) is 1.39. The molecule has 2 heteroatoms. The highest BCUT2D eigenvalue weighted by Crippen LogP contribution is 2.01.